The number of carbonyl (C=O) groups excluding carboxylic acids is 3. The first-order valence-electron chi connectivity index (χ1n) is 12.0. The summed E-state index contributed by atoms with van der Waals surface area (Å²) in [6.07, 6.45) is 2.66. The fourth-order valence-corrected chi connectivity index (χ4v) is 4.73. The van der Waals surface area contributed by atoms with E-state index in [2.05, 4.69) is 10.6 Å². The van der Waals surface area contributed by atoms with Crippen LogP contribution in [0.2, 0.25) is 5.02 Å². The Balaban J connectivity index is 1.47. The van der Waals surface area contributed by atoms with Gasteiger partial charge < -0.3 is 25.2 Å². The van der Waals surface area contributed by atoms with E-state index in [1.807, 2.05) is 32.0 Å². The molecular weight excluding hydrogens is 468 g/mol. The molecule has 4 rings (SSSR count). The highest BCUT2D eigenvalue weighted by Gasteiger charge is 2.40. The number of likely N-dealkylation sites (tertiary alicyclic amines) is 1. The average molecular weight is 499 g/mol. The van der Waals surface area contributed by atoms with Gasteiger partial charge in [-0.05, 0) is 74.7 Å². The van der Waals surface area contributed by atoms with Gasteiger partial charge in [-0.2, -0.15) is 0 Å². The van der Waals surface area contributed by atoms with Gasteiger partial charge in [0, 0.05) is 54.6 Å². The molecule has 0 aliphatic carbocycles. The molecule has 2 aromatic carbocycles. The lowest BCUT2D eigenvalue weighted by atomic mass is 10.1. The summed E-state index contributed by atoms with van der Waals surface area (Å²) in [5.74, 6) is -0.147. The smallest absolute Gasteiger partial charge is 0.322 e. The van der Waals surface area contributed by atoms with E-state index < -0.39 is 6.04 Å². The molecule has 2 aliphatic heterocycles. The van der Waals surface area contributed by atoms with E-state index in [1.54, 1.807) is 29.2 Å². The molecule has 8 nitrogen and oxygen atoms in total. The molecule has 2 N–H and O–H groups in total. The van der Waals surface area contributed by atoms with Crippen molar-refractivity contribution in [2.75, 3.05) is 35.2 Å². The van der Waals surface area contributed by atoms with Crippen LogP contribution in [0, 0.1) is 6.92 Å². The Morgan fingerprint density at radius 2 is 1.89 bits per heavy atom. The Morgan fingerprint density at radius 1 is 1.11 bits per heavy atom. The maximum atomic E-state index is 13.3. The molecule has 0 spiro atoms. The molecule has 186 valence electrons. The molecule has 0 aromatic heterocycles. The Morgan fingerprint density at radius 3 is 2.57 bits per heavy atom. The molecule has 2 fully saturated rings. The van der Waals surface area contributed by atoms with Gasteiger partial charge >= 0.3 is 6.03 Å². The maximum Gasteiger partial charge on any atom is 0.322 e. The minimum Gasteiger partial charge on any atom is -0.377 e. The molecule has 9 heteroatoms. The van der Waals surface area contributed by atoms with E-state index >= 15 is 0 Å². The largest absolute Gasteiger partial charge is 0.377 e. The van der Waals surface area contributed by atoms with Crippen molar-refractivity contribution in [3.05, 3.63) is 53.1 Å². The Labute approximate surface area is 210 Å². The number of aryl methyl sites for hydroxylation is 1. The number of benzene rings is 2. The van der Waals surface area contributed by atoms with Crippen LogP contribution in [0.25, 0.3) is 0 Å². The van der Waals surface area contributed by atoms with Crippen LogP contribution >= 0.6 is 11.6 Å². The van der Waals surface area contributed by atoms with Crippen molar-refractivity contribution in [3.8, 4) is 0 Å². The third-order valence-electron chi connectivity index (χ3n) is 6.43. The number of carbonyl (C=O) groups is 3. The van der Waals surface area contributed by atoms with Gasteiger partial charge in [0.1, 0.15) is 6.04 Å². The van der Waals surface area contributed by atoms with Crippen molar-refractivity contribution >= 4 is 46.5 Å². The number of piperidine rings is 1. The van der Waals surface area contributed by atoms with E-state index in [9.17, 15) is 14.4 Å². The van der Waals surface area contributed by atoms with E-state index in [0.29, 0.717) is 48.9 Å². The van der Waals surface area contributed by atoms with Gasteiger partial charge in [-0.3, -0.25) is 9.59 Å². The number of halogens is 1. The van der Waals surface area contributed by atoms with E-state index in [0.717, 1.165) is 24.1 Å². The van der Waals surface area contributed by atoms with Crippen molar-refractivity contribution in [1.82, 2.24) is 4.90 Å². The number of amides is 4. The molecule has 0 saturated carbocycles. The molecule has 2 aliphatic rings. The normalized spacial score (nSPS) is 20.1. The Hall–Kier alpha value is -3.10. The minimum absolute atomic E-state index is 0.127. The molecule has 2 heterocycles. The van der Waals surface area contributed by atoms with Crippen LogP contribution in [-0.4, -0.2) is 54.6 Å². The molecule has 0 unspecified atom stereocenters. The lowest BCUT2D eigenvalue weighted by molar-refractivity contribution is -0.120. The molecule has 2 aromatic rings. The summed E-state index contributed by atoms with van der Waals surface area (Å²) >= 11 is 5.93. The third-order valence-corrected chi connectivity index (χ3v) is 6.68. The van der Waals surface area contributed by atoms with Crippen molar-refractivity contribution in [1.29, 1.82) is 0 Å². The third kappa shape index (κ3) is 5.94. The van der Waals surface area contributed by atoms with Crippen molar-refractivity contribution in [2.45, 2.75) is 51.7 Å². The zero-order chi connectivity index (χ0) is 24.9. The molecular formula is C26H31ClN4O4. The fourth-order valence-electron chi connectivity index (χ4n) is 4.61. The predicted molar refractivity (Wildman–Crippen MR) is 137 cm³/mol. The zero-order valence-corrected chi connectivity index (χ0v) is 20.8. The van der Waals surface area contributed by atoms with Gasteiger partial charge in [0.25, 0.3) is 0 Å². The van der Waals surface area contributed by atoms with Crippen LogP contribution in [0.1, 0.15) is 38.2 Å². The highest BCUT2D eigenvalue weighted by molar-refractivity contribution is 6.30. The number of anilines is 3. The second-order valence-corrected chi connectivity index (χ2v) is 9.35. The second kappa shape index (κ2) is 11.1. The average Bonchev–Trinajstić information content (AvgIpc) is 3.27. The molecule has 2 atom stereocenters. The molecule has 2 saturated heterocycles. The van der Waals surface area contributed by atoms with Gasteiger partial charge in [-0.15, -0.1) is 0 Å². The van der Waals surface area contributed by atoms with Crippen LogP contribution in [-0.2, 0) is 14.3 Å². The number of ether oxygens (including phenoxy) is 1. The van der Waals surface area contributed by atoms with Crippen molar-refractivity contribution < 1.29 is 19.1 Å². The van der Waals surface area contributed by atoms with Crippen LogP contribution < -0.4 is 15.5 Å². The predicted octanol–water partition coefficient (Wildman–Crippen LogP) is 4.82. The number of urea groups is 1. The van der Waals surface area contributed by atoms with Crippen LogP contribution in [0.5, 0.6) is 0 Å². The standard InChI is InChI=1S/C26H31ClN4O4/c1-3-35-21-15-23(31(16-21)26(34)28-19-9-7-18(27)8-10-19)25(33)29-22-12-11-20(14-17(22)2)30-13-5-4-6-24(30)32/h7-12,14,21,23H,3-6,13,15-16H2,1-2H3,(H,28,34)(H,29,33)/t21-,23-/m1/s1. The summed E-state index contributed by atoms with van der Waals surface area (Å²) in [6.45, 7) is 5.32. The van der Waals surface area contributed by atoms with Gasteiger partial charge in [-0.1, -0.05) is 11.6 Å². The molecule has 35 heavy (non-hydrogen) atoms. The fraction of sp³-hybridized carbons (Fsp3) is 0.423. The first kappa shape index (κ1) is 25.0. The van der Waals surface area contributed by atoms with Crippen LogP contribution in [0.3, 0.4) is 0 Å². The first-order valence-corrected chi connectivity index (χ1v) is 12.4. The Bertz CT molecular complexity index is 1090. The number of hydrogen-bond acceptors (Lipinski definition) is 4. The molecule has 4 amide bonds. The monoisotopic (exact) mass is 498 g/mol. The SMILES string of the molecule is CCO[C@@H]1C[C@H](C(=O)Nc2ccc(N3CCCCC3=O)cc2C)N(C(=O)Nc2ccc(Cl)cc2)C1. The van der Waals surface area contributed by atoms with Gasteiger partial charge in [-0.25, -0.2) is 4.79 Å². The van der Waals surface area contributed by atoms with Crippen LogP contribution in [0.4, 0.5) is 21.9 Å². The minimum atomic E-state index is -0.679. The lowest BCUT2D eigenvalue weighted by Crippen LogP contribution is -2.45. The summed E-state index contributed by atoms with van der Waals surface area (Å²) in [4.78, 5) is 41.9. The summed E-state index contributed by atoms with van der Waals surface area (Å²) in [7, 11) is 0. The number of hydrogen-bond donors (Lipinski definition) is 2. The quantitative estimate of drug-likeness (QED) is 0.597. The van der Waals surface area contributed by atoms with Gasteiger partial charge in [0.2, 0.25) is 11.8 Å². The summed E-state index contributed by atoms with van der Waals surface area (Å²) in [5, 5.41) is 6.39. The first-order chi connectivity index (χ1) is 16.9. The highest BCUT2D eigenvalue weighted by Crippen LogP contribution is 2.28. The van der Waals surface area contributed by atoms with Crippen molar-refractivity contribution in [3.63, 3.8) is 0 Å². The maximum absolute atomic E-state index is 13.3. The van der Waals surface area contributed by atoms with E-state index in [4.69, 9.17) is 16.3 Å². The highest BCUT2D eigenvalue weighted by atomic mass is 35.5. The zero-order valence-electron chi connectivity index (χ0n) is 20.1. The van der Waals surface area contributed by atoms with Gasteiger partial charge in [0.05, 0.1) is 6.10 Å². The van der Waals surface area contributed by atoms with E-state index in [1.165, 1.54) is 4.90 Å². The molecule has 0 bridgehead atoms. The number of nitrogens with one attached hydrogen (secondary N) is 2. The molecule has 0 radical (unpaired) electrons. The number of rotatable bonds is 6. The van der Waals surface area contributed by atoms with Gasteiger partial charge in [0.15, 0.2) is 0 Å². The topological polar surface area (TPSA) is 91.0 Å². The summed E-state index contributed by atoms with van der Waals surface area (Å²) in [5.41, 5.74) is 2.94. The Kier molecular flexibility index (Phi) is 7.93. The van der Waals surface area contributed by atoms with E-state index in [-0.39, 0.29) is 23.9 Å². The summed E-state index contributed by atoms with van der Waals surface area (Å²) < 4.78 is 5.74. The van der Waals surface area contributed by atoms with Crippen molar-refractivity contribution in [2.24, 2.45) is 0 Å². The summed E-state index contributed by atoms with van der Waals surface area (Å²) in [6, 6.07) is 11.4. The number of nitrogens with zero attached hydrogens (tertiary/aromatic N) is 2. The lowest BCUT2D eigenvalue weighted by Gasteiger charge is -2.28. The second-order valence-electron chi connectivity index (χ2n) is 8.91. The van der Waals surface area contributed by atoms with Crippen LogP contribution in [0.15, 0.2) is 42.5 Å².